The molecule has 0 aliphatic carbocycles. The first kappa shape index (κ1) is 11.6. The molecule has 0 saturated carbocycles. The van der Waals surface area contributed by atoms with Crippen LogP contribution in [0.1, 0.15) is 0 Å². The third-order valence-electron chi connectivity index (χ3n) is 1.71. The van der Waals surface area contributed by atoms with Crippen molar-refractivity contribution >= 4 is 11.8 Å². The zero-order valence-corrected chi connectivity index (χ0v) is 8.92. The lowest BCUT2D eigenvalue weighted by Crippen LogP contribution is -2.29. The molecule has 0 spiro atoms. The summed E-state index contributed by atoms with van der Waals surface area (Å²) in [4.78, 5) is 24.1. The molecule has 0 radical (unpaired) electrons. The second kappa shape index (κ2) is 5.45. The van der Waals surface area contributed by atoms with Crippen LogP contribution in [0.15, 0.2) is 28.3 Å². The van der Waals surface area contributed by atoms with Crippen LogP contribution in [0.25, 0.3) is 0 Å². The average molecular weight is 228 g/mol. The minimum absolute atomic E-state index is 0.303. The number of aromatic hydroxyl groups is 1. The molecule has 0 aliphatic heterocycles. The van der Waals surface area contributed by atoms with Crippen LogP contribution in [0.5, 0.6) is 5.88 Å². The van der Waals surface area contributed by atoms with E-state index in [2.05, 4.69) is 11.6 Å². The molecule has 1 rings (SSSR count). The van der Waals surface area contributed by atoms with E-state index in [-0.39, 0.29) is 5.88 Å². The first-order chi connectivity index (χ1) is 7.15. The summed E-state index contributed by atoms with van der Waals surface area (Å²) in [5.41, 5.74) is -1.17. The molecule has 1 aromatic rings. The summed E-state index contributed by atoms with van der Waals surface area (Å²) in [6.07, 6.45) is 1.76. The number of hydrogen-bond donors (Lipinski definition) is 2. The third kappa shape index (κ3) is 3.32. The Kier molecular flexibility index (Phi) is 4.23. The molecular formula is C9H12N2O3S. The molecule has 0 saturated heterocycles. The Hall–Kier alpha value is -1.43. The van der Waals surface area contributed by atoms with Crippen LogP contribution in [0.3, 0.4) is 0 Å². The third-order valence-corrected chi connectivity index (χ3v) is 2.65. The van der Waals surface area contributed by atoms with E-state index < -0.39 is 11.2 Å². The number of aromatic amines is 1. The number of hydrogen-bond acceptors (Lipinski definition) is 4. The maximum atomic E-state index is 11.2. The van der Waals surface area contributed by atoms with Crippen LogP contribution in [-0.4, -0.2) is 26.2 Å². The predicted molar refractivity (Wildman–Crippen MR) is 60.5 cm³/mol. The van der Waals surface area contributed by atoms with E-state index in [1.54, 1.807) is 17.8 Å². The zero-order chi connectivity index (χ0) is 11.3. The highest BCUT2D eigenvalue weighted by Gasteiger charge is 2.03. The van der Waals surface area contributed by atoms with Gasteiger partial charge in [0.2, 0.25) is 5.88 Å². The molecule has 6 heteroatoms. The molecule has 0 amide bonds. The van der Waals surface area contributed by atoms with Crippen molar-refractivity contribution in [3.63, 3.8) is 0 Å². The number of rotatable bonds is 5. The molecule has 82 valence electrons. The molecule has 0 bridgehead atoms. The van der Waals surface area contributed by atoms with Gasteiger partial charge in [-0.15, -0.1) is 6.58 Å². The van der Waals surface area contributed by atoms with Gasteiger partial charge in [0.05, 0.1) is 6.07 Å². The van der Waals surface area contributed by atoms with Gasteiger partial charge in [0.1, 0.15) is 0 Å². The van der Waals surface area contributed by atoms with E-state index in [1.807, 2.05) is 0 Å². The Morgan fingerprint density at radius 1 is 1.60 bits per heavy atom. The summed E-state index contributed by atoms with van der Waals surface area (Å²) < 4.78 is 1.12. The number of thioether (sulfide) groups is 1. The van der Waals surface area contributed by atoms with Gasteiger partial charge in [-0.2, -0.15) is 11.8 Å². The van der Waals surface area contributed by atoms with Gasteiger partial charge in [-0.05, 0) is 0 Å². The van der Waals surface area contributed by atoms with Crippen molar-refractivity contribution < 1.29 is 5.11 Å². The Morgan fingerprint density at radius 3 is 2.93 bits per heavy atom. The average Bonchev–Trinajstić information content (AvgIpc) is 2.15. The second-order valence-electron chi connectivity index (χ2n) is 2.81. The topological polar surface area (TPSA) is 75.1 Å². The molecule has 0 unspecified atom stereocenters. The van der Waals surface area contributed by atoms with Gasteiger partial charge in [-0.1, -0.05) is 6.08 Å². The molecule has 2 N–H and O–H groups in total. The van der Waals surface area contributed by atoms with Crippen LogP contribution in [0.2, 0.25) is 0 Å². The molecule has 0 aromatic carbocycles. The molecule has 1 aromatic heterocycles. The van der Waals surface area contributed by atoms with Crippen LogP contribution >= 0.6 is 11.8 Å². The van der Waals surface area contributed by atoms with Gasteiger partial charge in [0.25, 0.3) is 5.56 Å². The smallest absolute Gasteiger partial charge is 0.331 e. The summed E-state index contributed by atoms with van der Waals surface area (Å²) in [6.45, 7) is 3.93. The molecule has 0 aliphatic rings. The lowest BCUT2D eigenvalue weighted by atomic mass is 10.5. The van der Waals surface area contributed by atoms with Gasteiger partial charge in [0.15, 0.2) is 0 Å². The lowest BCUT2D eigenvalue weighted by Gasteiger charge is -2.05. The number of aromatic nitrogens is 2. The molecule has 5 nitrogen and oxygen atoms in total. The van der Waals surface area contributed by atoms with E-state index >= 15 is 0 Å². The minimum atomic E-state index is -0.590. The number of nitrogens with one attached hydrogen (secondary N) is 1. The Bertz CT molecular complexity index is 449. The van der Waals surface area contributed by atoms with Gasteiger partial charge >= 0.3 is 5.69 Å². The van der Waals surface area contributed by atoms with Crippen LogP contribution in [-0.2, 0) is 6.54 Å². The van der Waals surface area contributed by atoms with Gasteiger partial charge < -0.3 is 5.11 Å². The molecule has 0 fully saturated rings. The van der Waals surface area contributed by atoms with E-state index in [0.717, 1.165) is 16.4 Å². The van der Waals surface area contributed by atoms with Crippen molar-refractivity contribution in [2.45, 2.75) is 6.54 Å². The van der Waals surface area contributed by atoms with E-state index in [0.29, 0.717) is 12.3 Å². The summed E-state index contributed by atoms with van der Waals surface area (Å²) in [7, 11) is 0. The van der Waals surface area contributed by atoms with Crippen LogP contribution < -0.4 is 11.2 Å². The fourth-order valence-corrected chi connectivity index (χ4v) is 1.69. The number of nitrogens with zero attached hydrogens (tertiary/aromatic N) is 1. The van der Waals surface area contributed by atoms with Crippen LogP contribution in [0, 0.1) is 0 Å². The highest BCUT2D eigenvalue weighted by Crippen LogP contribution is 2.04. The second-order valence-corrected chi connectivity index (χ2v) is 3.96. The van der Waals surface area contributed by atoms with Crippen molar-refractivity contribution in [2.24, 2.45) is 0 Å². The summed E-state index contributed by atoms with van der Waals surface area (Å²) in [5.74, 6) is 1.16. The zero-order valence-electron chi connectivity index (χ0n) is 8.10. The highest BCUT2D eigenvalue weighted by atomic mass is 32.2. The maximum absolute atomic E-state index is 11.2. The normalized spacial score (nSPS) is 10.1. The molecule has 15 heavy (non-hydrogen) atoms. The molecule has 0 atom stereocenters. The Morgan fingerprint density at radius 2 is 2.33 bits per heavy atom. The van der Waals surface area contributed by atoms with Crippen molar-refractivity contribution in [1.82, 2.24) is 9.55 Å². The first-order valence-electron chi connectivity index (χ1n) is 4.37. The monoisotopic (exact) mass is 228 g/mol. The summed E-state index contributed by atoms with van der Waals surface area (Å²) in [6, 6.07) is 0.986. The lowest BCUT2D eigenvalue weighted by molar-refractivity contribution is 0.406. The van der Waals surface area contributed by atoms with Gasteiger partial charge in [0, 0.05) is 18.1 Å². The molecule has 1 heterocycles. The van der Waals surface area contributed by atoms with Crippen molar-refractivity contribution in [1.29, 1.82) is 0 Å². The Balaban J connectivity index is 2.73. The van der Waals surface area contributed by atoms with Gasteiger partial charge in [-0.25, -0.2) is 4.79 Å². The highest BCUT2D eigenvalue weighted by molar-refractivity contribution is 7.99. The van der Waals surface area contributed by atoms with E-state index in [4.69, 9.17) is 0 Å². The fraction of sp³-hybridized carbons (Fsp3) is 0.333. The SMILES string of the molecule is C=CCSCCn1c(O)cc(=O)[nH]c1=O. The van der Waals surface area contributed by atoms with E-state index in [1.165, 1.54) is 0 Å². The number of H-pyrrole nitrogens is 1. The first-order valence-corrected chi connectivity index (χ1v) is 5.52. The predicted octanol–water partition coefficient (Wildman–Crippen LogP) is 0.161. The van der Waals surface area contributed by atoms with Crippen molar-refractivity contribution in [3.05, 3.63) is 39.6 Å². The summed E-state index contributed by atoms with van der Waals surface area (Å²) in [5, 5.41) is 9.34. The quantitative estimate of drug-likeness (QED) is 0.556. The Labute approximate surface area is 90.5 Å². The minimum Gasteiger partial charge on any atom is -0.494 e. The summed E-state index contributed by atoms with van der Waals surface area (Å²) >= 11 is 1.59. The standard InChI is InChI=1S/C9H12N2O3S/c1-2-4-15-5-3-11-8(13)6-7(12)10-9(11)14/h2,6,13H,1,3-5H2,(H,10,12,14). The van der Waals surface area contributed by atoms with E-state index in [9.17, 15) is 14.7 Å². The van der Waals surface area contributed by atoms with Crippen LogP contribution in [0.4, 0.5) is 0 Å². The van der Waals surface area contributed by atoms with Crippen molar-refractivity contribution in [2.75, 3.05) is 11.5 Å². The molecular weight excluding hydrogens is 216 g/mol. The fourth-order valence-electron chi connectivity index (χ4n) is 1.05. The van der Waals surface area contributed by atoms with Crippen molar-refractivity contribution in [3.8, 4) is 5.88 Å². The maximum Gasteiger partial charge on any atom is 0.331 e. The largest absolute Gasteiger partial charge is 0.494 e. The van der Waals surface area contributed by atoms with Gasteiger partial charge in [-0.3, -0.25) is 14.3 Å².